The van der Waals surface area contributed by atoms with Gasteiger partial charge in [0.2, 0.25) is 0 Å². The molecule has 0 amide bonds. The molecule has 0 atom stereocenters. The normalized spacial score (nSPS) is 13.1. The molecule has 2 aromatic carbocycles. The van der Waals surface area contributed by atoms with Gasteiger partial charge in [-0.25, -0.2) is 4.68 Å². The minimum atomic E-state index is 0.525. The maximum absolute atomic E-state index is 6.44. The summed E-state index contributed by atoms with van der Waals surface area (Å²) in [7, 11) is 0. The molecule has 0 spiro atoms. The molecule has 1 aromatic heterocycles. The molecule has 0 saturated heterocycles. The Morgan fingerprint density at radius 1 is 1.12 bits per heavy atom. The number of nitrogens with one attached hydrogen (secondary N) is 1. The van der Waals surface area contributed by atoms with Crippen LogP contribution in [0.5, 0.6) is 0 Å². The van der Waals surface area contributed by atoms with Gasteiger partial charge >= 0.3 is 0 Å². The molecule has 128 valence electrons. The van der Waals surface area contributed by atoms with Crippen LogP contribution < -0.4 is 5.32 Å². The number of anilines is 1. The third-order valence-electron chi connectivity index (χ3n) is 4.42. The number of nitrogens with zero attached hydrogens (tertiary/aromatic N) is 2. The lowest BCUT2D eigenvalue weighted by Gasteiger charge is -2.14. The summed E-state index contributed by atoms with van der Waals surface area (Å²) in [5.74, 6) is 2.90. The van der Waals surface area contributed by atoms with Crippen molar-refractivity contribution in [2.45, 2.75) is 25.0 Å². The summed E-state index contributed by atoms with van der Waals surface area (Å²) in [6.45, 7) is 2.87. The van der Waals surface area contributed by atoms with Crippen LogP contribution in [-0.2, 0) is 18.1 Å². The maximum Gasteiger partial charge on any atom is 0.134 e. The van der Waals surface area contributed by atoms with Crippen LogP contribution in [0.4, 0.5) is 5.82 Å². The van der Waals surface area contributed by atoms with Crippen LogP contribution in [0.15, 0.2) is 42.5 Å². The fraction of sp³-hybridized carbons (Fsp3) is 0.211. The van der Waals surface area contributed by atoms with Crippen molar-refractivity contribution in [3.63, 3.8) is 0 Å². The summed E-state index contributed by atoms with van der Waals surface area (Å²) < 4.78 is 1.90. The van der Waals surface area contributed by atoms with Crippen molar-refractivity contribution >= 4 is 40.8 Å². The number of fused-ring (bicyclic) bond motifs is 1. The highest BCUT2D eigenvalue weighted by Crippen LogP contribution is 2.38. The maximum atomic E-state index is 6.44. The average Bonchev–Trinajstić information content (AvgIpc) is 3.18. The molecule has 0 radical (unpaired) electrons. The molecule has 0 unspecified atom stereocenters. The number of benzene rings is 2. The first kappa shape index (κ1) is 16.8. The van der Waals surface area contributed by atoms with Gasteiger partial charge < -0.3 is 5.32 Å². The van der Waals surface area contributed by atoms with Crippen molar-refractivity contribution in [1.29, 1.82) is 0 Å². The van der Waals surface area contributed by atoms with Crippen LogP contribution in [0.25, 0.3) is 5.69 Å². The second-order valence-corrected chi connectivity index (χ2v) is 7.80. The highest BCUT2D eigenvalue weighted by atomic mass is 35.5. The number of aryl methyl sites for hydroxylation is 1. The molecule has 4 rings (SSSR count). The Balaban J connectivity index is 1.74. The fourth-order valence-corrected chi connectivity index (χ4v) is 4.42. The molecule has 0 fully saturated rings. The second kappa shape index (κ2) is 6.94. The number of hydrogen-bond donors (Lipinski definition) is 1. The summed E-state index contributed by atoms with van der Waals surface area (Å²) >= 11 is 14.5. The lowest BCUT2D eigenvalue weighted by atomic mass is 10.1. The van der Waals surface area contributed by atoms with Crippen molar-refractivity contribution in [2.24, 2.45) is 0 Å². The molecular weight excluding hydrogens is 373 g/mol. The van der Waals surface area contributed by atoms with Crippen molar-refractivity contribution in [3.05, 3.63) is 74.9 Å². The Morgan fingerprint density at radius 3 is 2.80 bits per heavy atom. The van der Waals surface area contributed by atoms with Gasteiger partial charge in [0.25, 0.3) is 0 Å². The predicted molar refractivity (Wildman–Crippen MR) is 107 cm³/mol. The van der Waals surface area contributed by atoms with Crippen LogP contribution in [0.3, 0.4) is 0 Å². The topological polar surface area (TPSA) is 29.9 Å². The first-order valence-corrected chi connectivity index (χ1v) is 9.97. The van der Waals surface area contributed by atoms with Crippen LogP contribution in [0, 0.1) is 6.92 Å². The molecule has 1 N–H and O–H groups in total. The van der Waals surface area contributed by atoms with E-state index in [-0.39, 0.29) is 0 Å². The van der Waals surface area contributed by atoms with E-state index >= 15 is 0 Å². The summed E-state index contributed by atoms with van der Waals surface area (Å²) in [6.07, 6.45) is 0. The molecule has 3 aromatic rings. The third kappa shape index (κ3) is 3.14. The monoisotopic (exact) mass is 389 g/mol. The Labute approximate surface area is 161 Å². The third-order valence-corrected chi connectivity index (χ3v) is 6.20. The van der Waals surface area contributed by atoms with E-state index in [9.17, 15) is 0 Å². The van der Waals surface area contributed by atoms with Crippen LogP contribution in [-0.4, -0.2) is 9.78 Å². The quantitative estimate of drug-likeness (QED) is 0.606. The van der Waals surface area contributed by atoms with E-state index in [0.29, 0.717) is 10.0 Å². The fourth-order valence-electron chi connectivity index (χ4n) is 3.01. The van der Waals surface area contributed by atoms with Crippen LogP contribution in [0.2, 0.25) is 10.0 Å². The van der Waals surface area contributed by atoms with E-state index in [1.807, 2.05) is 28.6 Å². The SMILES string of the molecule is Cc1ccccc1CNc1c2c(nn1-c1cccc(Cl)c1Cl)CSC2. The summed E-state index contributed by atoms with van der Waals surface area (Å²) in [5, 5.41) is 9.43. The van der Waals surface area contributed by atoms with Crippen LogP contribution >= 0.6 is 35.0 Å². The zero-order chi connectivity index (χ0) is 17.4. The number of hydrogen-bond acceptors (Lipinski definition) is 3. The minimum absolute atomic E-state index is 0.525. The van der Waals surface area contributed by atoms with Gasteiger partial charge in [0.05, 0.1) is 21.4 Å². The highest BCUT2D eigenvalue weighted by molar-refractivity contribution is 7.98. The molecular formula is C19H17Cl2N3S. The molecule has 25 heavy (non-hydrogen) atoms. The lowest BCUT2D eigenvalue weighted by molar-refractivity contribution is 0.855. The summed E-state index contributed by atoms with van der Waals surface area (Å²) in [5.41, 5.74) is 5.73. The average molecular weight is 390 g/mol. The van der Waals surface area contributed by atoms with E-state index in [0.717, 1.165) is 35.2 Å². The molecule has 2 heterocycles. The Morgan fingerprint density at radius 2 is 1.96 bits per heavy atom. The number of halogens is 2. The Kier molecular flexibility index (Phi) is 4.67. The van der Waals surface area contributed by atoms with Gasteiger partial charge in [-0.1, -0.05) is 53.5 Å². The van der Waals surface area contributed by atoms with E-state index in [2.05, 4.69) is 36.5 Å². The van der Waals surface area contributed by atoms with Gasteiger partial charge in [0, 0.05) is 23.6 Å². The van der Waals surface area contributed by atoms with Crippen LogP contribution in [0.1, 0.15) is 22.4 Å². The van der Waals surface area contributed by atoms with Crippen molar-refractivity contribution in [2.75, 3.05) is 5.32 Å². The minimum Gasteiger partial charge on any atom is -0.366 e. The molecule has 0 aliphatic carbocycles. The summed E-state index contributed by atoms with van der Waals surface area (Å²) in [6, 6.07) is 14.0. The van der Waals surface area contributed by atoms with Gasteiger partial charge in [0.1, 0.15) is 5.82 Å². The van der Waals surface area contributed by atoms with Gasteiger partial charge in [-0.15, -0.1) is 0 Å². The Bertz CT molecular complexity index is 936. The predicted octanol–water partition coefficient (Wildman–Crippen LogP) is 5.85. The first-order chi connectivity index (χ1) is 12.1. The molecule has 6 heteroatoms. The molecule has 0 bridgehead atoms. The summed E-state index contributed by atoms with van der Waals surface area (Å²) in [4.78, 5) is 0. The second-order valence-electron chi connectivity index (χ2n) is 6.03. The van der Waals surface area contributed by atoms with Gasteiger partial charge in [-0.05, 0) is 30.2 Å². The van der Waals surface area contributed by atoms with E-state index < -0.39 is 0 Å². The molecule has 3 nitrogen and oxygen atoms in total. The lowest BCUT2D eigenvalue weighted by Crippen LogP contribution is -2.09. The standard InChI is InChI=1S/C19H17Cl2N3S/c1-12-5-2-3-6-13(12)9-22-19-14-10-25-11-16(14)23-24(19)17-8-4-7-15(20)18(17)21/h2-8,22H,9-11H2,1H3. The number of rotatable bonds is 4. The zero-order valence-electron chi connectivity index (χ0n) is 13.7. The van der Waals surface area contributed by atoms with Gasteiger partial charge in [-0.2, -0.15) is 16.9 Å². The molecule has 0 saturated carbocycles. The first-order valence-electron chi connectivity index (χ1n) is 8.06. The van der Waals surface area contributed by atoms with Gasteiger partial charge in [-0.3, -0.25) is 0 Å². The van der Waals surface area contributed by atoms with Crippen molar-refractivity contribution in [3.8, 4) is 5.69 Å². The molecule has 1 aliphatic rings. The van der Waals surface area contributed by atoms with Gasteiger partial charge in [0.15, 0.2) is 0 Å². The van der Waals surface area contributed by atoms with E-state index in [1.54, 1.807) is 6.07 Å². The van der Waals surface area contributed by atoms with E-state index in [1.165, 1.54) is 16.7 Å². The largest absolute Gasteiger partial charge is 0.366 e. The zero-order valence-corrected chi connectivity index (χ0v) is 16.0. The number of aromatic nitrogens is 2. The Hall–Kier alpha value is -1.62. The van der Waals surface area contributed by atoms with E-state index in [4.69, 9.17) is 28.3 Å². The van der Waals surface area contributed by atoms with Crippen molar-refractivity contribution < 1.29 is 0 Å². The number of thioether (sulfide) groups is 1. The molecule has 1 aliphatic heterocycles. The highest BCUT2D eigenvalue weighted by Gasteiger charge is 2.24. The smallest absolute Gasteiger partial charge is 0.134 e. The van der Waals surface area contributed by atoms with Crippen molar-refractivity contribution in [1.82, 2.24) is 9.78 Å².